The quantitative estimate of drug-likeness (QED) is 0.736. The van der Waals surface area contributed by atoms with Gasteiger partial charge in [0.05, 0.1) is 12.8 Å². The molecule has 0 saturated carbocycles. The molecule has 0 bridgehead atoms. The van der Waals surface area contributed by atoms with Crippen molar-refractivity contribution in [1.82, 2.24) is 25.2 Å². The van der Waals surface area contributed by atoms with Gasteiger partial charge in [-0.15, -0.1) is 12.4 Å². The SMILES string of the molecule is CNC(C)Cc1noc(-c2ccn(-c3ccc(OC)cc3)n2)n1.Cl. The van der Waals surface area contributed by atoms with E-state index >= 15 is 0 Å². The van der Waals surface area contributed by atoms with E-state index in [0.717, 1.165) is 11.4 Å². The molecule has 1 N–H and O–H groups in total. The van der Waals surface area contributed by atoms with Gasteiger partial charge in [-0.1, -0.05) is 5.16 Å². The van der Waals surface area contributed by atoms with Crippen molar-refractivity contribution >= 4 is 12.4 Å². The van der Waals surface area contributed by atoms with Crippen LogP contribution in [-0.2, 0) is 6.42 Å². The summed E-state index contributed by atoms with van der Waals surface area (Å²) in [5, 5.41) is 11.6. The van der Waals surface area contributed by atoms with Gasteiger partial charge in [0.25, 0.3) is 5.89 Å². The predicted octanol–water partition coefficient (Wildman–Crippen LogP) is 2.50. The Bertz CT molecular complexity index is 769. The highest BCUT2D eigenvalue weighted by Gasteiger charge is 2.13. The molecule has 0 amide bonds. The summed E-state index contributed by atoms with van der Waals surface area (Å²) in [6.07, 6.45) is 2.57. The molecule has 0 aliphatic carbocycles. The van der Waals surface area contributed by atoms with Crippen LogP contribution in [0.5, 0.6) is 5.75 Å². The molecular formula is C16H20ClN5O2. The van der Waals surface area contributed by atoms with Crippen molar-refractivity contribution in [2.75, 3.05) is 14.2 Å². The predicted molar refractivity (Wildman–Crippen MR) is 92.9 cm³/mol. The summed E-state index contributed by atoms with van der Waals surface area (Å²) in [5.41, 5.74) is 1.58. The Morgan fingerprint density at radius 1 is 1.25 bits per heavy atom. The van der Waals surface area contributed by atoms with E-state index in [2.05, 4.69) is 27.5 Å². The first-order valence-electron chi connectivity index (χ1n) is 7.40. The fraction of sp³-hybridized carbons (Fsp3) is 0.312. The second-order valence-corrected chi connectivity index (χ2v) is 5.25. The van der Waals surface area contributed by atoms with Crippen molar-refractivity contribution in [2.45, 2.75) is 19.4 Å². The molecule has 0 saturated heterocycles. The molecule has 0 aliphatic rings. The minimum atomic E-state index is 0. The zero-order valence-electron chi connectivity index (χ0n) is 13.8. The van der Waals surface area contributed by atoms with Gasteiger partial charge >= 0.3 is 0 Å². The van der Waals surface area contributed by atoms with E-state index in [1.807, 2.05) is 43.6 Å². The minimum absolute atomic E-state index is 0. The number of likely N-dealkylation sites (N-methyl/N-ethyl adjacent to an activating group) is 1. The molecule has 0 fully saturated rings. The second-order valence-electron chi connectivity index (χ2n) is 5.25. The highest BCUT2D eigenvalue weighted by atomic mass is 35.5. The average molecular weight is 350 g/mol. The van der Waals surface area contributed by atoms with Gasteiger partial charge in [0, 0.05) is 18.7 Å². The van der Waals surface area contributed by atoms with Crippen molar-refractivity contribution in [3.8, 4) is 23.0 Å². The fourth-order valence-electron chi connectivity index (χ4n) is 2.13. The number of ether oxygens (including phenoxy) is 1. The van der Waals surface area contributed by atoms with Gasteiger partial charge < -0.3 is 14.6 Å². The van der Waals surface area contributed by atoms with Crippen LogP contribution in [0.25, 0.3) is 17.3 Å². The van der Waals surface area contributed by atoms with Gasteiger partial charge in [-0.2, -0.15) is 10.1 Å². The third kappa shape index (κ3) is 3.93. The maximum atomic E-state index is 5.30. The Morgan fingerprint density at radius 3 is 2.67 bits per heavy atom. The van der Waals surface area contributed by atoms with Crippen LogP contribution in [0.2, 0.25) is 0 Å². The lowest BCUT2D eigenvalue weighted by atomic mass is 10.2. The van der Waals surface area contributed by atoms with E-state index in [-0.39, 0.29) is 18.4 Å². The fourth-order valence-corrected chi connectivity index (χ4v) is 2.13. The summed E-state index contributed by atoms with van der Waals surface area (Å²) in [5.74, 6) is 1.90. The molecule has 0 spiro atoms. The van der Waals surface area contributed by atoms with Crippen LogP contribution in [0, 0.1) is 0 Å². The zero-order valence-corrected chi connectivity index (χ0v) is 14.6. The summed E-state index contributed by atoms with van der Waals surface area (Å²) >= 11 is 0. The summed E-state index contributed by atoms with van der Waals surface area (Å²) < 4.78 is 12.2. The highest BCUT2D eigenvalue weighted by Crippen LogP contribution is 2.19. The largest absolute Gasteiger partial charge is 0.497 e. The average Bonchev–Trinajstić information content (AvgIpc) is 3.24. The van der Waals surface area contributed by atoms with Gasteiger partial charge in [-0.05, 0) is 44.3 Å². The van der Waals surface area contributed by atoms with Crippen molar-refractivity contribution < 1.29 is 9.26 Å². The Kier molecular flexibility index (Phi) is 5.94. The smallest absolute Gasteiger partial charge is 0.278 e. The molecule has 3 rings (SSSR count). The summed E-state index contributed by atoms with van der Waals surface area (Å²) in [7, 11) is 3.55. The molecule has 1 unspecified atom stereocenters. The summed E-state index contributed by atoms with van der Waals surface area (Å²) in [4.78, 5) is 4.39. The topological polar surface area (TPSA) is 78.0 Å². The van der Waals surface area contributed by atoms with E-state index in [0.29, 0.717) is 23.8 Å². The Morgan fingerprint density at radius 2 is 2.00 bits per heavy atom. The number of rotatable bonds is 6. The maximum absolute atomic E-state index is 5.30. The second kappa shape index (κ2) is 7.94. The number of methoxy groups -OCH3 is 1. The Hall–Kier alpha value is -2.38. The molecule has 8 heteroatoms. The van der Waals surface area contributed by atoms with Crippen molar-refractivity contribution in [3.63, 3.8) is 0 Å². The van der Waals surface area contributed by atoms with E-state index < -0.39 is 0 Å². The normalized spacial score (nSPS) is 11.8. The molecule has 128 valence electrons. The zero-order chi connectivity index (χ0) is 16.2. The minimum Gasteiger partial charge on any atom is -0.497 e. The molecule has 1 aromatic carbocycles. The van der Waals surface area contributed by atoms with Crippen LogP contribution < -0.4 is 10.1 Å². The monoisotopic (exact) mass is 349 g/mol. The van der Waals surface area contributed by atoms with Crippen LogP contribution in [0.15, 0.2) is 41.1 Å². The van der Waals surface area contributed by atoms with E-state index in [1.165, 1.54) is 0 Å². The summed E-state index contributed by atoms with van der Waals surface area (Å²) in [6, 6.07) is 9.79. The van der Waals surface area contributed by atoms with Gasteiger partial charge in [-0.3, -0.25) is 0 Å². The van der Waals surface area contributed by atoms with Gasteiger partial charge in [-0.25, -0.2) is 4.68 Å². The first-order chi connectivity index (χ1) is 11.2. The molecule has 1 atom stereocenters. The highest BCUT2D eigenvalue weighted by molar-refractivity contribution is 5.85. The number of benzene rings is 1. The van der Waals surface area contributed by atoms with E-state index in [4.69, 9.17) is 9.26 Å². The maximum Gasteiger partial charge on any atom is 0.278 e. The van der Waals surface area contributed by atoms with Crippen molar-refractivity contribution in [3.05, 3.63) is 42.4 Å². The van der Waals surface area contributed by atoms with Crippen LogP contribution >= 0.6 is 12.4 Å². The molecule has 7 nitrogen and oxygen atoms in total. The van der Waals surface area contributed by atoms with E-state index in [1.54, 1.807) is 11.8 Å². The number of aromatic nitrogens is 4. The first-order valence-corrected chi connectivity index (χ1v) is 7.40. The third-order valence-corrected chi connectivity index (χ3v) is 3.59. The van der Waals surface area contributed by atoms with Crippen LogP contribution in [0.1, 0.15) is 12.7 Å². The lowest BCUT2D eigenvalue weighted by Crippen LogP contribution is -2.24. The van der Waals surface area contributed by atoms with Gasteiger partial charge in [0.2, 0.25) is 0 Å². The molecule has 2 heterocycles. The first kappa shape index (κ1) is 18.0. The Balaban J connectivity index is 0.00000208. The number of hydrogen-bond donors (Lipinski definition) is 1. The van der Waals surface area contributed by atoms with Crippen molar-refractivity contribution in [2.24, 2.45) is 0 Å². The summed E-state index contributed by atoms with van der Waals surface area (Å²) in [6.45, 7) is 2.06. The molecule has 3 aromatic rings. The molecule has 0 aliphatic heterocycles. The van der Waals surface area contributed by atoms with E-state index in [9.17, 15) is 0 Å². The molecule has 0 radical (unpaired) electrons. The molecular weight excluding hydrogens is 330 g/mol. The van der Waals surface area contributed by atoms with Crippen LogP contribution in [0.3, 0.4) is 0 Å². The number of halogens is 1. The van der Waals surface area contributed by atoms with Crippen LogP contribution in [-0.4, -0.2) is 40.1 Å². The van der Waals surface area contributed by atoms with Gasteiger partial charge in [0.15, 0.2) is 11.5 Å². The number of nitrogens with one attached hydrogen (secondary N) is 1. The lowest BCUT2D eigenvalue weighted by molar-refractivity contribution is 0.414. The van der Waals surface area contributed by atoms with Crippen LogP contribution in [0.4, 0.5) is 0 Å². The third-order valence-electron chi connectivity index (χ3n) is 3.59. The Labute approximate surface area is 146 Å². The van der Waals surface area contributed by atoms with Crippen molar-refractivity contribution in [1.29, 1.82) is 0 Å². The lowest BCUT2D eigenvalue weighted by Gasteiger charge is -2.04. The number of nitrogens with zero attached hydrogens (tertiary/aromatic N) is 4. The standard InChI is InChI=1S/C16H19N5O2.ClH/c1-11(17-2)10-15-18-16(23-20-15)14-8-9-21(19-14)12-4-6-13(22-3)7-5-12;/h4-9,11,17H,10H2,1-3H3;1H. The number of hydrogen-bond acceptors (Lipinski definition) is 6. The van der Waals surface area contributed by atoms with Gasteiger partial charge in [0.1, 0.15) is 5.75 Å². The molecule has 2 aromatic heterocycles. The molecule has 24 heavy (non-hydrogen) atoms.